The summed E-state index contributed by atoms with van der Waals surface area (Å²) in [6.07, 6.45) is 2.95. The largest absolute Gasteiger partial charge is 0.300 e. The molecule has 1 fully saturated rings. The van der Waals surface area contributed by atoms with Crippen molar-refractivity contribution in [2.45, 2.75) is 32.2 Å². The van der Waals surface area contributed by atoms with Crippen molar-refractivity contribution in [3.8, 4) is 0 Å². The van der Waals surface area contributed by atoms with Gasteiger partial charge in [-0.15, -0.1) is 0 Å². The molecule has 3 heterocycles. The van der Waals surface area contributed by atoms with Gasteiger partial charge in [0.15, 0.2) is 11.5 Å². The number of aromatic nitrogens is 3. The van der Waals surface area contributed by atoms with Gasteiger partial charge in [-0.1, -0.05) is 11.6 Å². The Labute approximate surface area is 112 Å². The molecular weight excluding hydrogens is 248 g/mol. The van der Waals surface area contributed by atoms with Crippen molar-refractivity contribution in [1.82, 2.24) is 19.5 Å². The lowest BCUT2D eigenvalue weighted by Crippen LogP contribution is -2.28. The molecule has 1 aliphatic rings. The molecule has 4 nitrogen and oxygen atoms in total. The zero-order valence-electron chi connectivity index (χ0n) is 10.7. The van der Waals surface area contributed by atoms with Crippen molar-refractivity contribution in [2.75, 3.05) is 13.1 Å². The van der Waals surface area contributed by atoms with Crippen LogP contribution in [-0.4, -0.2) is 38.6 Å². The first-order chi connectivity index (χ1) is 8.63. The van der Waals surface area contributed by atoms with E-state index in [0.29, 0.717) is 17.0 Å². The van der Waals surface area contributed by atoms with Crippen LogP contribution in [0.2, 0.25) is 5.02 Å². The summed E-state index contributed by atoms with van der Waals surface area (Å²) in [7, 11) is 0. The minimum absolute atomic E-state index is 0.450. The molecule has 0 bridgehead atoms. The summed E-state index contributed by atoms with van der Waals surface area (Å²) in [5.41, 5.74) is 0.873. The number of pyridine rings is 1. The number of hydrogen-bond acceptors (Lipinski definition) is 3. The molecule has 18 heavy (non-hydrogen) atoms. The third-order valence-electron chi connectivity index (χ3n) is 3.63. The van der Waals surface area contributed by atoms with Gasteiger partial charge in [-0.05, 0) is 38.9 Å². The summed E-state index contributed by atoms with van der Waals surface area (Å²) < 4.78 is 1.77. The molecule has 2 aromatic rings. The van der Waals surface area contributed by atoms with Crippen LogP contribution in [-0.2, 0) is 0 Å². The Morgan fingerprint density at radius 3 is 2.94 bits per heavy atom. The second-order valence-corrected chi connectivity index (χ2v) is 5.63. The molecule has 0 radical (unpaired) electrons. The van der Waals surface area contributed by atoms with Gasteiger partial charge in [-0.2, -0.15) is 5.10 Å². The fourth-order valence-corrected chi connectivity index (χ4v) is 2.67. The van der Waals surface area contributed by atoms with Gasteiger partial charge in [0, 0.05) is 24.7 Å². The maximum absolute atomic E-state index is 5.96. The quantitative estimate of drug-likeness (QED) is 0.836. The number of hydrogen-bond donors (Lipinski definition) is 0. The molecule has 1 aliphatic heterocycles. The summed E-state index contributed by atoms with van der Waals surface area (Å²) >= 11 is 5.96. The van der Waals surface area contributed by atoms with Crippen LogP contribution in [0.5, 0.6) is 0 Å². The van der Waals surface area contributed by atoms with E-state index in [1.807, 2.05) is 18.3 Å². The second kappa shape index (κ2) is 4.52. The maximum atomic E-state index is 5.96. The Kier molecular flexibility index (Phi) is 2.99. The first kappa shape index (κ1) is 11.9. The fourth-order valence-electron chi connectivity index (χ4n) is 2.52. The predicted molar refractivity (Wildman–Crippen MR) is 72.1 cm³/mol. The first-order valence-corrected chi connectivity index (χ1v) is 6.77. The number of rotatable bonds is 2. The maximum Gasteiger partial charge on any atom is 0.156 e. The number of fused-ring (bicyclic) bond motifs is 1. The molecule has 3 rings (SSSR count). The highest BCUT2D eigenvalue weighted by atomic mass is 35.5. The Hall–Kier alpha value is -1.13. The molecule has 96 valence electrons. The van der Waals surface area contributed by atoms with Crippen LogP contribution in [0.3, 0.4) is 0 Å². The highest BCUT2D eigenvalue weighted by Crippen LogP contribution is 2.26. The third kappa shape index (κ3) is 2.10. The van der Waals surface area contributed by atoms with E-state index < -0.39 is 0 Å². The molecule has 1 unspecified atom stereocenters. The summed E-state index contributed by atoms with van der Waals surface area (Å²) in [5, 5.41) is 5.23. The van der Waals surface area contributed by atoms with Crippen molar-refractivity contribution >= 4 is 17.2 Å². The van der Waals surface area contributed by atoms with Gasteiger partial charge >= 0.3 is 0 Å². The lowest BCUT2D eigenvalue weighted by molar-refractivity contribution is 0.272. The topological polar surface area (TPSA) is 33.4 Å². The zero-order chi connectivity index (χ0) is 12.7. The van der Waals surface area contributed by atoms with Crippen LogP contribution >= 0.6 is 11.6 Å². The van der Waals surface area contributed by atoms with Crippen molar-refractivity contribution < 1.29 is 0 Å². The standard InChI is InChI=1S/C13H17ClN4/c1-9(2)17-6-5-10(7-17)13-15-12-4-3-11(14)8-18(12)16-13/h3-4,8-10H,5-7H2,1-2H3. The van der Waals surface area contributed by atoms with Crippen molar-refractivity contribution in [3.05, 3.63) is 29.2 Å². The molecule has 1 saturated heterocycles. The number of likely N-dealkylation sites (tertiary alicyclic amines) is 1. The Bertz CT molecular complexity index is 563. The van der Waals surface area contributed by atoms with E-state index >= 15 is 0 Å². The van der Waals surface area contributed by atoms with Gasteiger partial charge in [0.05, 0.1) is 5.02 Å². The van der Waals surface area contributed by atoms with Gasteiger partial charge in [-0.3, -0.25) is 0 Å². The molecule has 0 saturated carbocycles. The van der Waals surface area contributed by atoms with Gasteiger partial charge in [0.25, 0.3) is 0 Å². The fraction of sp³-hybridized carbons (Fsp3) is 0.538. The molecule has 5 heteroatoms. The van der Waals surface area contributed by atoms with Crippen LogP contribution in [0.25, 0.3) is 5.65 Å². The smallest absolute Gasteiger partial charge is 0.156 e. The average Bonchev–Trinajstić information content (AvgIpc) is 2.93. The summed E-state index contributed by atoms with van der Waals surface area (Å²) in [4.78, 5) is 7.07. The van der Waals surface area contributed by atoms with E-state index in [1.54, 1.807) is 4.52 Å². The summed E-state index contributed by atoms with van der Waals surface area (Å²) in [5.74, 6) is 1.39. The van der Waals surface area contributed by atoms with Crippen LogP contribution in [0, 0.1) is 0 Å². The SMILES string of the molecule is CC(C)N1CCC(c2nc3ccc(Cl)cn3n2)C1. The molecule has 0 N–H and O–H groups in total. The van der Waals surface area contributed by atoms with Gasteiger partial charge in [-0.25, -0.2) is 9.50 Å². The summed E-state index contributed by atoms with van der Waals surface area (Å²) in [6, 6.07) is 4.36. The molecule has 2 aromatic heterocycles. The highest BCUT2D eigenvalue weighted by molar-refractivity contribution is 6.30. The first-order valence-electron chi connectivity index (χ1n) is 6.39. The molecule has 0 spiro atoms. The monoisotopic (exact) mass is 264 g/mol. The summed E-state index contributed by atoms with van der Waals surface area (Å²) in [6.45, 7) is 6.67. The Morgan fingerprint density at radius 1 is 1.39 bits per heavy atom. The van der Waals surface area contributed by atoms with Crippen molar-refractivity contribution in [3.63, 3.8) is 0 Å². The van der Waals surface area contributed by atoms with Gasteiger partial charge in [0.1, 0.15) is 0 Å². The van der Waals surface area contributed by atoms with E-state index in [0.717, 1.165) is 31.0 Å². The Morgan fingerprint density at radius 2 is 2.22 bits per heavy atom. The minimum atomic E-state index is 0.450. The number of nitrogens with zero attached hydrogens (tertiary/aromatic N) is 4. The molecular formula is C13H17ClN4. The molecule has 0 aromatic carbocycles. The predicted octanol–water partition coefficient (Wildman–Crippen LogP) is 2.58. The van der Waals surface area contributed by atoms with Gasteiger partial charge in [0.2, 0.25) is 0 Å². The van der Waals surface area contributed by atoms with E-state index in [-0.39, 0.29) is 0 Å². The highest BCUT2D eigenvalue weighted by Gasteiger charge is 2.28. The van der Waals surface area contributed by atoms with E-state index in [1.165, 1.54) is 0 Å². The van der Waals surface area contributed by atoms with Crippen LogP contribution < -0.4 is 0 Å². The van der Waals surface area contributed by atoms with E-state index in [2.05, 4.69) is 28.8 Å². The average molecular weight is 265 g/mol. The Balaban J connectivity index is 1.87. The van der Waals surface area contributed by atoms with E-state index in [9.17, 15) is 0 Å². The minimum Gasteiger partial charge on any atom is -0.300 e. The molecule has 0 aliphatic carbocycles. The van der Waals surface area contributed by atoms with Crippen LogP contribution in [0.15, 0.2) is 18.3 Å². The van der Waals surface area contributed by atoms with E-state index in [4.69, 9.17) is 11.6 Å². The van der Waals surface area contributed by atoms with Crippen molar-refractivity contribution in [1.29, 1.82) is 0 Å². The van der Waals surface area contributed by atoms with Crippen LogP contribution in [0.1, 0.15) is 32.0 Å². The normalized spacial score (nSPS) is 21.2. The third-order valence-corrected chi connectivity index (χ3v) is 3.85. The second-order valence-electron chi connectivity index (χ2n) is 5.19. The molecule has 0 amide bonds. The lowest BCUT2D eigenvalue weighted by Gasteiger charge is -2.19. The number of halogens is 1. The van der Waals surface area contributed by atoms with Gasteiger partial charge < -0.3 is 4.90 Å². The molecule has 1 atom stereocenters. The van der Waals surface area contributed by atoms with Crippen LogP contribution in [0.4, 0.5) is 0 Å². The zero-order valence-corrected chi connectivity index (χ0v) is 11.4. The van der Waals surface area contributed by atoms with Crippen molar-refractivity contribution in [2.24, 2.45) is 0 Å². The lowest BCUT2D eigenvalue weighted by atomic mass is 10.1.